The maximum Gasteiger partial charge on any atom is 0.226 e. The molecule has 0 atom stereocenters. The van der Waals surface area contributed by atoms with Gasteiger partial charge in [0.1, 0.15) is 5.75 Å². The fourth-order valence-electron chi connectivity index (χ4n) is 1.23. The Hall–Kier alpha value is -1.75. The van der Waals surface area contributed by atoms with Crippen LogP contribution in [0.1, 0.15) is 6.42 Å². The quantitative estimate of drug-likeness (QED) is 0.738. The molecule has 3 N–H and O–H groups in total. The van der Waals surface area contributed by atoms with E-state index in [1.807, 2.05) is 0 Å². The molecule has 0 aliphatic carbocycles. The van der Waals surface area contributed by atoms with Crippen LogP contribution in [0, 0.1) is 0 Å². The first-order valence-electron chi connectivity index (χ1n) is 4.89. The molecule has 0 aliphatic heterocycles. The van der Waals surface area contributed by atoms with Crippen molar-refractivity contribution in [3.8, 4) is 5.75 Å². The second-order valence-electron chi connectivity index (χ2n) is 3.25. The Balaban J connectivity index is 2.61. The average Bonchev–Trinajstić information content (AvgIpc) is 2.26. The first-order valence-corrected chi connectivity index (χ1v) is 4.89. The number of nitrogens with two attached hydrogens (primary N) is 1. The molecule has 0 heterocycles. The molecule has 1 rings (SSSR count). The number of methoxy groups -OCH3 is 2. The lowest BCUT2D eigenvalue weighted by molar-refractivity contribution is -0.117. The van der Waals surface area contributed by atoms with Crippen molar-refractivity contribution >= 4 is 17.3 Å². The molecule has 0 aliphatic rings. The lowest BCUT2D eigenvalue weighted by Crippen LogP contribution is -2.13. The molecule has 1 aromatic rings. The zero-order valence-electron chi connectivity index (χ0n) is 9.45. The number of nitrogens with one attached hydrogen (secondary N) is 1. The van der Waals surface area contributed by atoms with E-state index in [1.165, 1.54) is 0 Å². The highest BCUT2D eigenvalue weighted by Gasteiger charge is 2.04. The van der Waals surface area contributed by atoms with Crippen molar-refractivity contribution in [2.75, 3.05) is 31.9 Å². The van der Waals surface area contributed by atoms with Gasteiger partial charge in [0, 0.05) is 12.8 Å². The molecule has 0 bridgehead atoms. The summed E-state index contributed by atoms with van der Waals surface area (Å²) >= 11 is 0. The normalized spacial score (nSPS) is 9.88. The maximum absolute atomic E-state index is 11.4. The van der Waals surface area contributed by atoms with Crippen molar-refractivity contribution < 1.29 is 14.3 Å². The lowest BCUT2D eigenvalue weighted by atomic mass is 10.2. The monoisotopic (exact) mass is 224 g/mol. The van der Waals surface area contributed by atoms with Crippen molar-refractivity contribution in [3.63, 3.8) is 0 Å². The fourth-order valence-corrected chi connectivity index (χ4v) is 1.23. The van der Waals surface area contributed by atoms with Crippen molar-refractivity contribution in [2.45, 2.75) is 6.42 Å². The molecule has 0 saturated heterocycles. The molecule has 0 saturated carbocycles. The highest BCUT2D eigenvalue weighted by molar-refractivity contribution is 5.91. The van der Waals surface area contributed by atoms with Crippen LogP contribution in [0.3, 0.4) is 0 Å². The van der Waals surface area contributed by atoms with Gasteiger partial charge in [-0.1, -0.05) is 0 Å². The molecule has 0 spiro atoms. The highest BCUT2D eigenvalue weighted by Crippen LogP contribution is 2.24. The van der Waals surface area contributed by atoms with E-state index < -0.39 is 0 Å². The minimum Gasteiger partial charge on any atom is -0.495 e. The van der Waals surface area contributed by atoms with Gasteiger partial charge in [-0.3, -0.25) is 4.79 Å². The number of benzene rings is 1. The van der Waals surface area contributed by atoms with Crippen LogP contribution in [0.25, 0.3) is 0 Å². The number of carbonyl (C=O) groups is 1. The summed E-state index contributed by atoms with van der Waals surface area (Å²) in [4.78, 5) is 11.4. The van der Waals surface area contributed by atoms with Gasteiger partial charge in [-0.2, -0.15) is 0 Å². The third kappa shape index (κ3) is 3.43. The SMILES string of the molecule is COCCC(=O)Nc1ccc(OC)c(N)c1. The third-order valence-corrected chi connectivity index (χ3v) is 2.05. The number of anilines is 2. The maximum atomic E-state index is 11.4. The standard InChI is InChI=1S/C11H16N2O3/c1-15-6-5-11(14)13-8-3-4-10(16-2)9(12)7-8/h3-4,7H,5-6,12H2,1-2H3,(H,13,14). The van der Waals surface area contributed by atoms with E-state index in [-0.39, 0.29) is 5.91 Å². The second kappa shape index (κ2) is 5.97. The number of carbonyl (C=O) groups excluding carboxylic acids is 1. The number of amides is 1. The van der Waals surface area contributed by atoms with Crippen LogP contribution < -0.4 is 15.8 Å². The summed E-state index contributed by atoms with van der Waals surface area (Å²) in [6, 6.07) is 5.10. The number of rotatable bonds is 5. The Bertz CT molecular complexity index is 366. The Morgan fingerprint density at radius 3 is 2.75 bits per heavy atom. The molecule has 5 heteroatoms. The minimum absolute atomic E-state index is 0.105. The van der Waals surface area contributed by atoms with Crippen molar-refractivity contribution in [3.05, 3.63) is 18.2 Å². The smallest absolute Gasteiger partial charge is 0.226 e. The zero-order chi connectivity index (χ0) is 12.0. The number of hydrogen-bond acceptors (Lipinski definition) is 4. The van der Waals surface area contributed by atoms with E-state index in [0.29, 0.717) is 30.2 Å². The fraction of sp³-hybridized carbons (Fsp3) is 0.364. The summed E-state index contributed by atoms with van der Waals surface area (Å²) < 4.78 is 9.82. The molecule has 0 unspecified atom stereocenters. The summed E-state index contributed by atoms with van der Waals surface area (Å²) in [5.74, 6) is 0.487. The topological polar surface area (TPSA) is 73.6 Å². The Labute approximate surface area is 94.5 Å². The first-order chi connectivity index (χ1) is 7.67. The number of nitrogen functional groups attached to an aromatic ring is 1. The zero-order valence-corrected chi connectivity index (χ0v) is 9.45. The van der Waals surface area contributed by atoms with Crippen LogP contribution >= 0.6 is 0 Å². The molecule has 1 aromatic carbocycles. The van der Waals surface area contributed by atoms with Crippen molar-refractivity contribution in [1.82, 2.24) is 0 Å². The molecular weight excluding hydrogens is 208 g/mol. The van der Waals surface area contributed by atoms with Crippen LogP contribution in [0.5, 0.6) is 5.75 Å². The largest absolute Gasteiger partial charge is 0.495 e. The summed E-state index contributed by atoms with van der Waals surface area (Å²) in [5, 5.41) is 2.71. The van der Waals surface area contributed by atoms with Gasteiger partial charge in [-0.15, -0.1) is 0 Å². The Kier molecular flexibility index (Phi) is 4.60. The van der Waals surface area contributed by atoms with E-state index in [0.717, 1.165) is 0 Å². The molecule has 16 heavy (non-hydrogen) atoms. The van der Waals surface area contributed by atoms with Crippen LogP contribution in [-0.4, -0.2) is 26.7 Å². The van der Waals surface area contributed by atoms with Gasteiger partial charge in [0.2, 0.25) is 5.91 Å². The van der Waals surface area contributed by atoms with Gasteiger partial charge in [0.15, 0.2) is 0 Å². The molecule has 0 aromatic heterocycles. The Morgan fingerprint density at radius 2 is 2.19 bits per heavy atom. The minimum atomic E-state index is -0.105. The van der Waals surface area contributed by atoms with Gasteiger partial charge in [-0.25, -0.2) is 0 Å². The van der Waals surface area contributed by atoms with Crippen LogP contribution in [0.15, 0.2) is 18.2 Å². The molecule has 88 valence electrons. The van der Waals surface area contributed by atoms with E-state index >= 15 is 0 Å². The summed E-state index contributed by atoms with van der Waals surface area (Å²) in [6.07, 6.45) is 0.322. The summed E-state index contributed by atoms with van der Waals surface area (Å²) in [5.41, 5.74) is 6.85. The highest BCUT2D eigenvalue weighted by atomic mass is 16.5. The lowest BCUT2D eigenvalue weighted by Gasteiger charge is -2.08. The summed E-state index contributed by atoms with van der Waals surface area (Å²) in [6.45, 7) is 0.400. The van der Waals surface area contributed by atoms with Crippen molar-refractivity contribution in [2.24, 2.45) is 0 Å². The van der Waals surface area contributed by atoms with Gasteiger partial charge < -0.3 is 20.5 Å². The number of ether oxygens (including phenoxy) is 2. The molecule has 0 radical (unpaired) electrons. The van der Waals surface area contributed by atoms with E-state index in [2.05, 4.69) is 5.32 Å². The molecule has 5 nitrogen and oxygen atoms in total. The van der Waals surface area contributed by atoms with E-state index in [9.17, 15) is 4.79 Å². The number of hydrogen-bond donors (Lipinski definition) is 2. The molecule has 0 fully saturated rings. The van der Waals surface area contributed by atoms with E-state index in [1.54, 1.807) is 32.4 Å². The van der Waals surface area contributed by atoms with Crippen LogP contribution in [0.2, 0.25) is 0 Å². The molecular formula is C11H16N2O3. The van der Waals surface area contributed by atoms with Crippen LogP contribution in [0.4, 0.5) is 11.4 Å². The van der Waals surface area contributed by atoms with Crippen LogP contribution in [-0.2, 0) is 9.53 Å². The molecule has 1 amide bonds. The predicted octanol–water partition coefficient (Wildman–Crippen LogP) is 1.25. The second-order valence-corrected chi connectivity index (χ2v) is 3.25. The van der Waals surface area contributed by atoms with E-state index in [4.69, 9.17) is 15.2 Å². The van der Waals surface area contributed by atoms with Gasteiger partial charge in [0.25, 0.3) is 0 Å². The van der Waals surface area contributed by atoms with Gasteiger partial charge in [0.05, 0.1) is 25.8 Å². The average molecular weight is 224 g/mol. The van der Waals surface area contributed by atoms with Gasteiger partial charge >= 0.3 is 0 Å². The first kappa shape index (κ1) is 12.3. The van der Waals surface area contributed by atoms with Crippen molar-refractivity contribution in [1.29, 1.82) is 0 Å². The van der Waals surface area contributed by atoms with Gasteiger partial charge in [-0.05, 0) is 18.2 Å². The third-order valence-electron chi connectivity index (χ3n) is 2.05. The predicted molar refractivity (Wildman–Crippen MR) is 62.5 cm³/mol. The Morgan fingerprint density at radius 1 is 1.44 bits per heavy atom. The summed E-state index contributed by atoms with van der Waals surface area (Å²) in [7, 11) is 3.10.